The van der Waals surface area contributed by atoms with Crippen LogP contribution in [0.3, 0.4) is 0 Å². The van der Waals surface area contributed by atoms with Gasteiger partial charge in [0.1, 0.15) is 17.5 Å². The highest BCUT2D eigenvalue weighted by Crippen LogP contribution is 2.31. The number of hydrogen-bond acceptors (Lipinski definition) is 5. The second-order valence-electron chi connectivity index (χ2n) is 4.23. The lowest BCUT2D eigenvalue weighted by Crippen LogP contribution is -2.32. The van der Waals surface area contributed by atoms with Crippen LogP contribution in [0.2, 0.25) is 5.02 Å². The van der Waals surface area contributed by atoms with Crippen molar-refractivity contribution in [1.82, 2.24) is 4.90 Å². The molecule has 1 atom stereocenters. The third kappa shape index (κ3) is 2.42. The van der Waals surface area contributed by atoms with E-state index in [4.69, 9.17) is 11.6 Å². The molecule has 0 radical (unpaired) electrons. The minimum atomic E-state index is -0.952. The Morgan fingerprint density at radius 3 is 2.65 bits per heavy atom. The van der Waals surface area contributed by atoms with Crippen molar-refractivity contribution in [2.24, 2.45) is 0 Å². The molecule has 1 aliphatic heterocycles. The molecule has 1 heterocycles. The van der Waals surface area contributed by atoms with Gasteiger partial charge >= 0.3 is 0 Å². The van der Waals surface area contributed by atoms with Gasteiger partial charge < -0.3 is 5.32 Å². The van der Waals surface area contributed by atoms with Crippen molar-refractivity contribution in [2.75, 3.05) is 12.4 Å². The summed E-state index contributed by atoms with van der Waals surface area (Å²) in [6.07, 6.45) is -0.142. The minimum absolute atomic E-state index is 0.142. The first-order valence-electron chi connectivity index (χ1n) is 5.51. The van der Waals surface area contributed by atoms with E-state index in [-0.39, 0.29) is 12.1 Å². The number of halogens is 2. The van der Waals surface area contributed by atoms with Gasteiger partial charge in [0, 0.05) is 19.2 Å². The van der Waals surface area contributed by atoms with Crippen LogP contribution in [0.15, 0.2) is 12.1 Å². The average molecular weight is 302 g/mol. The van der Waals surface area contributed by atoms with Crippen LogP contribution in [0.5, 0.6) is 0 Å². The number of nitrogens with one attached hydrogen (secondary N) is 1. The number of imide groups is 1. The highest BCUT2D eigenvalue weighted by atomic mass is 35.5. The maximum atomic E-state index is 13.4. The molecule has 106 valence electrons. The Morgan fingerprint density at radius 1 is 1.50 bits per heavy atom. The highest BCUT2D eigenvalue weighted by Gasteiger charge is 2.37. The van der Waals surface area contributed by atoms with Crippen molar-refractivity contribution in [3.63, 3.8) is 0 Å². The van der Waals surface area contributed by atoms with E-state index in [1.54, 1.807) is 0 Å². The zero-order valence-corrected chi connectivity index (χ0v) is 11.0. The Labute approximate surface area is 117 Å². The number of nitrogens with zero attached hydrogens (tertiary/aromatic N) is 2. The summed E-state index contributed by atoms with van der Waals surface area (Å²) < 4.78 is 13.4. The van der Waals surface area contributed by atoms with E-state index in [9.17, 15) is 24.1 Å². The van der Waals surface area contributed by atoms with Gasteiger partial charge in [0.2, 0.25) is 5.91 Å². The quantitative estimate of drug-likeness (QED) is 0.519. The topological polar surface area (TPSA) is 92.6 Å². The minimum Gasteiger partial charge on any atom is -0.368 e. The molecule has 9 heteroatoms. The zero-order valence-electron chi connectivity index (χ0n) is 10.2. The lowest BCUT2D eigenvalue weighted by molar-refractivity contribution is -0.384. The van der Waals surface area contributed by atoms with Crippen LogP contribution in [0.4, 0.5) is 15.8 Å². The van der Waals surface area contributed by atoms with Crippen LogP contribution in [-0.4, -0.2) is 34.7 Å². The van der Waals surface area contributed by atoms with Gasteiger partial charge in [-0.15, -0.1) is 0 Å². The average Bonchev–Trinajstić information content (AvgIpc) is 2.61. The molecule has 1 aromatic carbocycles. The van der Waals surface area contributed by atoms with Gasteiger partial charge in [-0.05, 0) is 0 Å². The molecule has 1 saturated heterocycles. The molecular weight excluding hydrogens is 293 g/mol. The maximum absolute atomic E-state index is 13.4. The van der Waals surface area contributed by atoms with Crippen LogP contribution < -0.4 is 5.32 Å². The van der Waals surface area contributed by atoms with E-state index in [0.717, 1.165) is 17.0 Å². The smallest absolute Gasteiger partial charge is 0.294 e. The number of amides is 2. The van der Waals surface area contributed by atoms with Gasteiger partial charge in [-0.3, -0.25) is 24.6 Å². The number of hydrogen-bond donors (Lipinski definition) is 1. The van der Waals surface area contributed by atoms with E-state index in [2.05, 4.69) is 5.32 Å². The second kappa shape index (κ2) is 5.04. The van der Waals surface area contributed by atoms with Gasteiger partial charge in [0.05, 0.1) is 16.4 Å². The molecule has 1 N–H and O–H groups in total. The SMILES string of the molecule is CN1C(=O)CC(Nc2cc(F)c(Cl)cc2[N+](=O)[O-])C1=O. The first-order chi connectivity index (χ1) is 9.31. The Morgan fingerprint density at radius 2 is 2.15 bits per heavy atom. The van der Waals surface area contributed by atoms with Crippen molar-refractivity contribution in [3.05, 3.63) is 33.1 Å². The molecule has 0 aromatic heterocycles. The number of rotatable bonds is 3. The van der Waals surface area contributed by atoms with E-state index in [1.807, 2.05) is 0 Å². The van der Waals surface area contributed by atoms with E-state index < -0.39 is 39.3 Å². The zero-order chi connectivity index (χ0) is 15.0. The Kier molecular flexibility index (Phi) is 3.58. The number of carbonyl (C=O) groups excluding carboxylic acids is 2. The van der Waals surface area contributed by atoms with Gasteiger partial charge in [0.15, 0.2) is 0 Å². The molecular formula is C11H9ClFN3O4. The molecule has 2 amide bonds. The molecule has 20 heavy (non-hydrogen) atoms. The second-order valence-corrected chi connectivity index (χ2v) is 4.64. The van der Waals surface area contributed by atoms with Gasteiger partial charge in [-0.25, -0.2) is 4.39 Å². The standard InChI is InChI=1S/C11H9ClFN3O4/c1-15-10(17)4-8(11(15)18)14-7-3-6(13)5(12)2-9(7)16(19)20/h2-3,8,14H,4H2,1H3. The lowest BCUT2D eigenvalue weighted by Gasteiger charge is -2.13. The van der Waals surface area contributed by atoms with Crippen molar-refractivity contribution >= 4 is 34.8 Å². The number of nitro groups is 1. The number of likely N-dealkylation sites (tertiary alicyclic amines) is 1. The van der Waals surface area contributed by atoms with Gasteiger partial charge in [-0.2, -0.15) is 0 Å². The van der Waals surface area contributed by atoms with Crippen molar-refractivity contribution in [3.8, 4) is 0 Å². The summed E-state index contributed by atoms with van der Waals surface area (Å²) in [7, 11) is 1.31. The van der Waals surface area contributed by atoms with E-state index in [1.165, 1.54) is 7.05 Å². The van der Waals surface area contributed by atoms with Crippen LogP contribution in [0, 0.1) is 15.9 Å². The van der Waals surface area contributed by atoms with Gasteiger partial charge in [0.25, 0.3) is 11.6 Å². The predicted octanol–water partition coefficient (Wildman–Crippen LogP) is 1.56. The summed E-state index contributed by atoms with van der Waals surface area (Å²) in [6.45, 7) is 0. The first kappa shape index (κ1) is 14.2. The Balaban J connectivity index is 2.34. The summed E-state index contributed by atoms with van der Waals surface area (Å²) >= 11 is 5.49. The number of carbonyl (C=O) groups is 2. The molecule has 0 spiro atoms. The molecule has 0 bridgehead atoms. The fourth-order valence-corrected chi connectivity index (χ4v) is 2.02. The van der Waals surface area contributed by atoms with E-state index >= 15 is 0 Å². The Bertz CT molecular complexity index is 622. The third-order valence-electron chi connectivity index (χ3n) is 2.95. The highest BCUT2D eigenvalue weighted by molar-refractivity contribution is 6.31. The van der Waals surface area contributed by atoms with Crippen LogP contribution in [-0.2, 0) is 9.59 Å². The first-order valence-corrected chi connectivity index (χ1v) is 5.89. The largest absolute Gasteiger partial charge is 0.368 e. The summed E-state index contributed by atoms with van der Waals surface area (Å²) in [5.74, 6) is -1.80. The lowest BCUT2D eigenvalue weighted by atomic mass is 10.2. The molecule has 7 nitrogen and oxygen atoms in total. The predicted molar refractivity (Wildman–Crippen MR) is 67.9 cm³/mol. The molecule has 1 fully saturated rings. The van der Waals surface area contributed by atoms with Crippen LogP contribution in [0.1, 0.15) is 6.42 Å². The fourth-order valence-electron chi connectivity index (χ4n) is 1.86. The molecule has 0 saturated carbocycles. The molecule has 1 aliphatic rings. The van der Waals surface area contributed by atoms with Crippen molar-refractivity contribution in [1.29, 1.82) is 0 Å². The Hall–Kier alpha value is -2.22. The van der Waals surface area contributed by atoms with Crippen LogP contribution in [0.25, 0.3) is 0 Å². The molecule has 1 aromatic rings. The van der Waals surface area contributed by atoms with Gasteiger partial charge in [-0.1, -0.05) is 11.6 Å². The third-order valence-corrected chi connectivity index (χ3v) is 3.24. The van der Waals surface area contributed by atoms with Crippen molar-refractivity contribution in [2.45, 2.75) is 12.5 Å². The normalized spacial score (nSPS) is 18.6. The molecule has 2 rings (SSSR count). The summed E-state index contributed by atoms with van der Waals surface area (Å²) in [5.41, 5.74) is -0.662. The van der Waals surface area contributed by atoms with Crippen molar-refractivity contribution < 1.29 is 18.9 Å². The number of likely N-dealkylation sites (N-methyl/N-ethyl adjacent to an activating group) is 1. The molecule has 0 aliphatic carbocycles. The van der Waals surface area contributed by atoms with Crippen LogP contribution >= 0.6 is 11.6 Å². The fraction of sp³-hybridized carbons (Fsp3) is 0.273. The summed E-state index contributed by atoms with van der Waals surface area (Å²) in [4.78, 5) is 34.1. The number of nitro benzene ring substituents is 1. The monoisotopic (exact) mass is 301 g/mol. The van der Waals surface area contributed by atoms with E-state index in [0.29, 0.717) is 0 Å². The molecule has 1 unspecified atom stereocenters. The summed E-state index contributed by atoms with van der Waals surface area (Å²) in [5, 5.41) is 13.0. The maximum Gasteiger partial charge on any atom is 0.294 e. The number of anilines is 1. The number of benzene rings is 1. The summed E-state index contributed by atoms with van der Waals surface area (Å²) in [6, 6.07) is 0.729.